The molecule has 2 saturated carbocycles. The van der Waals surface area contributed by atoms with E-state index < -0.39 is 0 Å². The van der Waals surface area contributed by atoms with Gasteiger partial charge in [0.2, 0.25) is 0 Å². The molecule has 124 valence electrons. The maximum atomic E-state index is 11.4. The first-order valence-corrected chi connectivity index (χ1v) is 9.55. The van der Waals surface area contributed by atoms with Crippen LogP contribution < -0.4 is 0 Å². The molecule has 0 spiro atoms. The minimum Gasteiger partial charge on any atom is -0.298 e. The highest BCUT2D eigenvalue weighted by molar-refractivity contribution is 6.33. The monoisotopic (exact) mass is 330 g/mol. The fraction of sp³-hybridized carbons (Fsp3) is 0.667. The molecule has 4 rings (SSSR count). The van der Waals surface area contributed by atoms with E-state index in [1.54, 1.807) is 5.57 Å². The van der Waals surface area contributed by atoms with Crippen LogP contribution in [0.1, 0.15) is 59.3 Å². The van der Waals surface area contributed by atoms with Gasteiger partial charge in [-0.1, -0.05) is 55.7 Å². The van der Waals surface area contributed by atoms with Gasteiger partial charge in [0.15, 0.2) is 6.29 Å². The molecule has 0 N–H and O–H groups in total. The zero-order valence-corrected chi connectivity index (χ0v) is 15.2. The number of allylic oxidation sites excluding steroid dienone is 6. The van der Waals surface area contributed by atoms with Crippen molar-refractivity contribution in [2.75, 3.05) is 0 Å². The number of hydrogen-bond acceptors (Lipinski definition) is 1. The van der Waals surface area contributed by atoms with Crippen molar-refractivity contribution in [2.24, 2.45) is 28.6 Å². The Labute approximate surface area is 144 Å². The van der Waals surface area contributed by atoms with Gasteiger partial charge in [-0.15, -0.1) is 0 Å². The van der Waals surface area contributed by atoms with Crippen molar-refractivity contribution in [1.29, 1.82) is 0 Å². The van der Waals surface area contributed by atoms with Gasteiger partial charge in [0, 0.05) is 16.0 Å². The summed E-state index contributed by atoms with van der Waals surface area (Å²) in [6.45, 7) is 7.15. The molecule has 0 aromatic rings. The summed E-state index contributed by atoms with van der Waals surface area (Å²) in [5.41, 5.74) is 4.17. The molecule has 0 aliphatic heterocycles. The van der Waals surface area contributed by atoms with Crippen molar-refractivity contribution in [3.05, 3.63) is 33.9 Å². The Kier molecular flexibility index (Phi) is 3.47. The highest BCUT2D eigenvalue weighted by atomic mass is 35.5. The Bertz CT molecular complexity index is 655. The summed E-state index contributed by atoms with van der Waals surface area (Å²) in [5.74, 6) is 2.13. The summed E-state index contributed by atoms with van der Waals surface area (Å²) in [6.07, 6.45) is 13.0. The quantitative estimate of drug-likeness (QED) is 0.438. The zero-order chi connectivity index (χ0) is 16.4. The van der Waals surface area contributed by atoms with E-state index in [1.807, 2.05) is 0 Å². The Hall–Kier alpha value is -0.820. The summed E-state index contributed by atoms with van der Waals surface area (Å²) < 4.78 is 0. The molecule has 1 unspecified atom stereocenters. The van der Waals surface area contributed by atoms with Crippen LogP contribution in [0.3, 0.4) is 0 Å². The van der Waals surface area contributed by atoms with Crippen LogP contribution in [0.4, 0.5) is 0 Å². The van der Waals surface area contributed by atoms with E-state index in [2.05, 4.69) is 32.9 Å². The Morgan fingerprint density at radius 1 is 1.26 bits per heavy atom. The molecule has 2 fully saturated rings. The minimum absolute atomic E-state index is 0.0807. The highest BCUT2D eigenvalue weighted by Crippen LogP contribution is 2.64. The summed E-state index contributed by atoms with van der Waals surface area (Å²) in [6, 6.07) is 0. The van der Waals surface area contributed by atoms with Crippen molar-refractivity contribution < 1.29 is 4.79 Å². The van der Waals surface area contributed by atoms with Gasteiger partial charge in [-0.3, -0.25) is 4.79 Å². The third kappa shape index (κ3) is 2.02. The Balaban J connectivity index is 1.74. The molecule has 5 atom stereocenters. The number of carbonyl (C=O) groups is 1. The second kappa shape index (κ2) is 5.09. The van der Waals surface area contributed by atoms with E-state index in [0.29, 0.717) is 11.3 Å². The molecule has 0 aromatic carbocycles. The van der Waals surface area contributed by atoms with E-state index in [4.69, 9.17) is 11.6 Å². The average Bonchev–Trinajstić information content (AvgIpc) is 2.79. The summed E-state index contributed by atoms with van der Waals surface area (Å²) in [5, 5.41) is 0.790. The highest BCUT2D eigenvalue weighted by Gasteiger charge is 2.54. The van der Waals surface area contributed by atoms with Gasteiger partial charge in [-0.05, 0) is 61.7 Å². The van der Waals surface area contributed by atoms with Crippen LogP contribution >= 0.6 is 11.6 Å². The lowest BCUT2D eigenvalue weighted by Crippen LogP contribution is -2.46. The van der Waals surface area contributed by atoms with Crippen LogP contribution in [0.15, 0.2) is 33.9 Å². The number of halogens is 1. The molecule has 23 heavy (non-hydrogen) atoms. The lowest BCUT2D eigenvalue weighted by Gasteiger charge is -2.55. The van der Waals surface area contributed by atoms with Crippen LogP contribution in [0, 0.1) is 28.6 Å². The smallest absolute Gasteiger partial charge is 0.151 e. The molecule has 4 aliphatic rings. The second-order valence-electron chi connectivity index (χ2n) is 8.80. The van der Waals surface area contributed by atoms with Crippen molar-refractivity contribution in [2.45, 2.75) is 59.3 Å². The van der Waals surface area contributed by atoms with E-state index in [9.17, 15) is 4.79 Å². The summed E-state index contributed by atoms with van der Waals surface area (Å²) in [4.78, 5) is 11.4. The Morgan fingerprint density at radius 3 is 2.78 bits per heavy atom. The van der Waals surface area contributed by atoms with Crippen molar-refractivity contribution in [3.63, 3.8) is 0 Å². The molecule has 0 bridgehead atoms. The van der Waals surface area contributed by atoms with E-state index in [0.717, 1.165) is 41.6 Å². The first-order chi connectivity index (χ1) is 10.9. The number of hydrogen-bond donors (Lipinski definition) is 0. The van der Waals surface area contributed by atoms with Crippen molar-refractivity contribution in [3.8, 4) is 0 Å². The third-order valence-electron chi connectivity index (χ3n) is 7.55. The van der Waals surface area contributed by atoms with Crippen LogP contribution in [-0.2, 0) is 4.79 Å². The average molecular weight is 331 g/mol. The minimum atomic E-state index is -0.0807. The maximum Gasteiger partial charge on any atom is 0.151 e. The van der Waals surface area contributed by atoms with Gasteiger partial charge in [0.25, 0.3) is 0 Å². The van der Waals surface area contributed by atoms with Crippen molar-refractivity contribution in [1.82, 2.24) is 0 Å². The number of carbonyl (C=O) groups excluding carboxylic acids is 1. The zero-order valence-electron chi connectivity index (χ0n) is 14.5. The number of aldehydes is 1. The van der Waals surface area contributed by atoms with E-state index in [-0.39, 0.29) is 5.41 Å². The number of fused-ring (bicyclic) bond motifs is 5. The van der Waals surface area contributed by atoms with Gasteiger partial charge < -0.3 is 0 Å². The van der Waals surface area contributed by atoms with Gasteiger partial charge in [-0.2, -0.15) is 0 Å². The molecule has 0 saturated heterocycles. The standard InChI is InChI=1S/C21H27ClO/c1-13-6-8-20(2)15(10-13)4-5-16-17(20)7-9-21(3)18(16)11-14(12-23)19(21)22/h4,11-13,16-17H,5-10H2,1-3H3/t13-,16+,17?,20-,21-/m0/s1. The number of rotatable bonds is 1. The molecular formula is C21H27ClO. The van der Waals surface area contributed by atoms with Gasteiger partial charge in [0.1, 0.15) is 0 Å². The predicted octanol–water partition coefficient (Wildman–Crippen LogP) is 5.81. The fourth-order valence-corrected chi connectivity index (χ4v) is 6.34. The molecule has 4 aliphatic carbocycles. The molecule has 0 radical (unpaired) electrons. The first-order valence-electron chi connectivity index (χ1n) is 9.17. The van der Waals surface area contributed by atoms with Gasteiger partial charge in [0.05, 0.1) is 0 Å². The molecule has 1 nitrogen and oxygen atoms in total. The normalized spacial score (nSPS) is 45.7. The lowest BCUT2D eigenvalue weighted by molar-refractivity contribution is -0.104. The molecule has 2 heteroatoms. The maximum absolute atomic E-state index is 11.4. The molecule has 0 amide bonds. The summed E-state index contributed by atoms with van der Waals surface area (Å²) >= 11 is 6.60. The van der Waals surface area contributed by atoms with E-state index >= 15 is 0 Å². The van der Waals surface area contributed by atoms with E-state index in [1.165, 1.54) is 31.3 Å². The largest absolute Gasteiger partial charge is 0.298 e. The molecule has 0 aromatic heterocycles. The third-order valence-corrected chi connectivity index (χ3v) is 8.18. The molecular weight excluding hydrogens is 304 g/mol. The first kappa shape index (κ1) is 15.7. The Morgan fingerprint density at radius 2 is 2.04 bits per heavy atom. The lowest BCUT2D eigenvalue weighted by atomic mass is 9.49. The summed E-state index contributed by atoms with van der Waals surface area (Å²) in [7, 11) is 0. The molecule has 0 heterocycles. The SMILES string of the molecule is C[C@H]1CC[C@@]2(C)C(=CC[C@H]3C4=CC(C=O)=C(Cl)[C@@]4(C)CCC32)C1. The van der Waals surface area contributed by atoms with Gasteiger partial charge in [-0.25, -0.2) is 0 Å². The topological polar surface area (TPSA) is 17.1 Å². The van der Waals surface area contributed by atoms with Crippen LogP contribution in [-0.4, -0.2) is 6.29 Å². The van der Waals surface area contributed by atoms with Crippen LogP contribution in [0.5, 0.6) is 0 Å². The van der Waals surface area contributed by atoms with Crippen LogP contribution in [0.25, 0.3) is 0 Å². The predicted molar refractivity (Wildman–Crippen MR) is 95.2 cm³/mol. The fourth-order valence-electron chi connectivity index (χ4n) is 6.03. The van der Waals surface area contributed by atoms with Crippen molar-refractivity contribution >= 4 is 17.9 Å². The van der Waals surface area contributed by atoms with Crippen LogP contribution in [0.2, 0.25) is 0 Å². The van der Waals surface area contributed by atoms with Gasteiger partial charge >= 0.3 is 0 Å². The second-order valence-corrected chi connectivity index (χ2v) is 9.18.